The summed E-state index contributed by atoms with van der Waals surface area (Å²) in [7, 11) is 3.20. The number of amides is 1. The van der Waals surface area contributed by atoms with Crippen LogP contribution in [-0.2, 0) is 11.3 Å². The summed E-state index contributed by atoms with van der Waals surface area (Å²) in [5.41, 5.74) is 0.493. The third-order valence-corrected chi connectivity index (χ3v) is 5.86. The second kappa shape index (κ2) is 8.08. The van der Waals surface area contributed by atoms with E-state index in [1.54, 1.807) is 25.2 Å². The van der Waals surface area contributed by atoms with Crippen LogP contribution in [0.5, 0.6) is 11.5 Å². The van der Waals surface area contributed by atoms with Crippen LogP contribution in [0, 0.1) is 0 Å². The van der Waals surface area contributed by atoms with E-state index in [0.717, 1.165) is 23.1 Å². The van der Waals surface area contributed by atoms with Crippen LogP contribution >= 0.6 is 11.3 Å². The molecule has 1 fully saturated rings. The zero-order valence-electron chi connectivity index (χ0n) is 16.1. The number of tetrazole rings is 1. The molecule has 0 aliphatic carbocycles. The predicted octanol–water partition coefficient (Wildman–Crippen LogP) is 1.87. The van der Waals surface area contributed by atoms with Crippen LogP contribution in [0.4, 0.5) is 0 Å². The number of nitrogens with zero attached hydrogens (tertiary/aromatic N) is 5. The lowest BCUT2D eigenvalue weighted by molar-refractivity contribution is -0.133. The second-order valence-electron chi connectivity index (χ2n) is 6.64. The highest BCUT2D eigenvalue weighted by Crippen LogP contribution is 2.38. The van der Waals surface area contributed by atoms with Crippen LogP contribution in [-0.4, -0.2) is 51.4 Å². The van der Waals surface area contributed by atoms with Gasteiger partial charge in [0.15, 0.2) is 0 Å². The van der Waals surface area contributed by atoms with Crippen molar-refractivity contribution in [3.63, 3.8) is 0 Å². The summed E-state index contributed by atoms with van der Waals surface area (Å²) >= 11 is 1.38. The average Bonchev–Trinajstić information content (AvgIpc) is 3.49. The van der Waals surface area contributed by atoms with Crippen molar-refractivity contribution < 1.29 is 14.3 Å². The van der Waals surface area contributed by atoms with Gasteiger partial charge in [-0.05, 0) is 52.9 Å². The Morgan fingerprint density at radius 1 is 1.24 bits per heavy atom. The van der Waals surface area contributed by atoms with E-state index in [1.807, 2.05) is 29.6 Å². The molecular weight excluding hydrogens is 394 g/mol. The number of likely N-dealkylation sites (tertiary alicyclic amines) is 1. The van der Waals surface area contributed by atoms with E-state index in [2.05, 4.69) is 10.4 Å². The molecule has 3 heterocycles. The van der Waals surface area contributed by atoms with E-state index in [4.69, 9.17) is 9.47 Å². The normalized spacial score (nSPS) is 16.2. The smallest absolute Gasteiger partial charge is 0.369 e. The number of ether oxygens (including phenoxy) is 2. The summed E-state index contributed by atoms with van der Waals surface area (Å²) in [5.74, 6) is 1.19. The lowest BCUT2D eigenvalue weighted by Gasteiger charge is -2.26. The first kappa shape index (κ1) is 19.2. The summed E-state index contributed by atoms with van der Waals surface area (Å²) in [5, 5.41) is 10.3. The summed E-state index contributed by atoms with van der Waals surface area (Å²) < 4.78 is 13.1. The average molecular weight is 415 g/mol. The molecule has 3 aromatic rings. The molecule has 4 rings (SSSR count). The summed E-state index contributed by atoms with van der Waals surface area (Å²) in [6.07, 6.45) is 1.70. The van der Waals surface area contributed by atoms with E-state index < -0.39 is 5.69 Å². The monoisotopic (exact) mass is 415 g/mol. The number of hydrogen-bond acceptors (Lipinski definition) is 7. The molecule has 1 aromatic carbocycles. The number of methoxy groups -OCH3 is 2. The summed E-state index contributed by atoms with van der Waals surface area (Å²) in [6.45, 7) is 0.464. The van der Waals surface area contributed by atoms with Gasteiger partial charge in [-0.2, -0.15) is 9.36 Å². The molecule has 0 bridgehead atoms. The van der Waals surface area contributed by atoms with Gasteiger partial charge in [0.25, 0.3) is 0 Å². The zero-order chi connectivity index (χ0) is 20.4. The second-order valence-corrected chi connectivity index (χ2v) is 7.56. The van der Waals surface area contributed by atoms with E-state index in [0.29, 0.717) is 23.0 Å². The number of thiophene rings is 1. The highest BCUT2D eigenvalue weighted by Gasteiger charge is 2.32. The Labute approximate surface area is 171 Å². The van der Waals surface area contributed by atoms with Crippen molar-refractivity contribution in [1.82, 2.24) is 24.7 Å². The molecule has 9 nitrogen and oxygen atoms in total. The quantitative estimate of drug-likeness (QED) is 0.610. The fourth-order valence-corrected chi connectivity index (χ4v) is 4.27. The SMILES string of the molecule is COc1ccc(C2CCCN2C(=O)Cn2nnn(-c3cccs3)c2=O)c(OC)c1. The Morgan fingerprint density at radius 3 is 2.83 bits per heavy atom. The minimum Gasteiger partial charge on any atom is -0.497 e. The van der Waals surface area contributed by atoms with Gasteiger partial charge >= 0.3 is 5.69 Å². The van der Waals surface area contributed by atoms with Gasteiger partial charge in [0.05, 0.1) is 20.3 Å². The number of hydrogen-bond donors (Lipinski definition) is 0. The lowest BCUT2D eigenvalue weighted by atomic mass is 10.0. The van der Waals surface area contributed by atoms with E-state index in [9.17, 15) is 9.59 Å². The van der Waals surface area contributed by atoms with Crippen molar-refractivity contribution in [3.8, 4) is 16.5 Å². The van der Waals surface area contributed by atoms with Crippen molar-refractivity contribution in [2.24, 2.45) is 0 Å². The fourth-order valence-electron chi connectivity index (χ4n) is 3.60. The van der Waals surface area contributed by atoms with Crippen LogP contribution in [0.25, 0.3) is 5.00 Å². The Bertz CT molecular complexity index is 1060. The number of carbonyl (C=O) groups is 1. The minimum absolute atomic E-state index is 0.119. The van der Waals surface area contributed by atoms with Crippen molar-refractivity contribution in [2.75, 3.05) is 20.8 Å². The Balaban J connectivity index is 1.56. The topological polar surface area (TPSA) is 91.5 Å². The van der Waals surface area contributed by atoms with Crippen molar-refractivity contribution in [3.05, 3.63) is 51.8 Å². The Kier molecular flexibility index (Phi) is 5.34. The van der Waals surface area contributed by atoms with Crippen LogP contribution in [0.1, 0.15) is 24.4 Å². The molecule has 1 saturated heterocycles. The van der Waals surface area contributed by atoms with Gasteiger partial charge in [0.1, 0.15) is 23.0 Å². The summed E-state index contributed by atoms with van der Waals surface area (Å²) in [6, 6.07) is 9.08. The van der Waals surface area contributed by atoms with Crippen LogP contribution in [0.15, 0.2) is 40.5 Å². The van der Waals surface area contributed by atoms with Crippen molar-refractivity contribution in [2.45, 2.75) is 25.4 Å². The van der Waals surface area contributed by atoms with E-state index in [1.165, 1.54) is 16.0 Å². The van der Waals surface area contributed by atoms with E-state index >= 15 is 0 Å². The lowest BCUT2D eigenvalue weighted by Crippen LogP contribution is -2.36. The molecule has 0 N–H and O–H groups in total. The molecule has 0 saturated carbocycles. The Hall–Kier alpha value is -3.14. The maximum atomic E-state index is 13.0. The van der Waals surface area contributed by atoms with Gasteiger partial charge < -0.3 is 14.4 Å². The third kappa shape index (κ3) is 3.63. The molecule has 1 atom stereocenters. The molecule has 1 aliphatic heterocycles. The van der Waals surface area contributed by atoms with Gasteiger partial charge in [0.2, 0.25) is 5.91 Å². The predicted molar refractivity (Wildman–Crippen MR) is 107 cm³/mol. The third-order valence-electron chi connectivity index (χ3n) is 5.01. The molecule has 2 aromatic heterocycles. The highest BCUT2D eigenvalue weighted by molar-refractivity contribution is 7.12. The van der Waals surface area contributed by atoms with Crippen LogP contribution in [0.2, 0.25) is 0 Å². The number of carbonyl (C=O) groups excluding carboxylic acids is 1. The van der Waals surface area contributed by atoms with Gasteiger partial charge in [-0.25, -0.2) is 4.79 Å². The largest absolute Gasteiger partial charge is 0.497 e. The van der Waals surface area contributed by atoms with Crippen LogP contribution < -0.4 is 15.2 Å². The number of benzene rings is 1. The van der Waals surface area contributed by atoms with Crippen molar-refractivity contribution in [1.29, 1.82) is 0 Å². The van der Waals surface area contributed by atoms with Crippen LogP contribution in [0.3, 0.4) is 0 Å². The zero-order valence-corrected chi connectivity index (χ0v) is 17.0. The first-order chi connectivity index (χ1) is 14.1. The van der Waals surface area contributed by atoms with E-state index in [-0.39, 0.29) is 18.5 Å². The maximum Gasteiger partial charge on any atom is 0.369 e. The molecule has 29 heavy (non-hydrogen) atoms. The van der Waals surface area contributed by atoms with Gasteiger partial charge in [0, 0.05) is 18.2 Å². The Morgan fingerprint density at radius 2 is 2.10 bits per heavy atom. The standard InChI is InChI=1S/C19H21N5O4S/c1-27-13-7-8-14(16(11-13)28-2)15-5-3-9-22(15)17(25)12-23-19(26)24(21-20-23)18-6-4-10-29-18/h4,6-8,10-11,15H,3,5,9,12H2,1-2H3. The first-order valence-electron chi connectivity index (χ1n) is 9.20. The molecule has 1 unspecified atom stereocenters. The molecule has 0 spiro atoms. The van der Waals surface area contributed by atoms with Gasteiger partial charge in [-0.15, -0.1) is 11.3 Å². The molecule has 1 aliphatic rings. The highest BCUT2D eigenvalue weighted by atomic mass is 32.1. The summed E-state index contributed by atoms with van der Waals surface area (Å²) in [4.78, 5) is 27.3. The van der Waals surface area contributed by atoms with Crippen molar-refractivity contribution >= 4 is 17.2 Å². The minimum atomic E-state index is -0.432. The first-order valence-corrected chi connectivity index (χ1v) is 10.1. The molecular formula is C19H21N5O4S. The molecule has 152 valence electrons. The van der Waals surface area contributed by atoms with Gasteiger partial charge in [-0.3, -0.25) is 4.79 Å². The van der Waals surface area contributed by atoms with Gasteiger partial charge in [-0.1, -0.05) is 0 Å². The fraction of sp³-hybridized carbons (Fsp3) is 0.368. The maximum absolute atomic E-state index is 13.0. The number of aromatic nitrogens is 4. The molecule has 10 heteroatoms. The molecule has 1 amide bonds. The number of rotatable bonds is 6. The molecule has 0 radical (unpaired) electrons.